The summed E-state index contributed by atoms with van der Waals surface area (Å²) >= 11 is 0. The summed E-state index contributed by atoms with van der Waals surface area (Å²) in [5, 5.41) is 0. The van der Waals surface area contributed by atoms with Gasteiger partial charge in [-0.1, -0.05) is 32.0 Å². The van der Waals surface area contributed by atoms with Crippen molar-refractivity contribution >= 4 is 10.2 Å². The molecule has 21 heavy (non-hydrogen) atoms. The molecule has 1 aromatic rings. The van der Waals surface area contributed by atoms with Gasteiger partial charge in [0.25, 0.3) is 10.2 Å². The molecule has 0 aromatic heterocycles. The minimum absolute atomic E-state index is 0.0499. The van der Waals surface area contributed by atoms with Crippen LogP contribution in [0.2, 0.25) is 0 Å². The van der Waals surface area contributed by atoms with Gasteiger partial charge in [-0.2, -0.15) is 17.0 Å². The lowest BCUT2D eigenvalue weighted by Gasteiger charge is -2.36. The predicted molar refractivity (Wildman–Crippen MR) is 81.3 cm³/mol. The Hall–Kier alpha value is -0.980. The molecular weight excluding hydrogens is 291 g/mol. The fourth-order valence-corrected chi connectivity index (χ4v) is 4.52. The monoisotopic (exact) mass is 314 g/mol. The highest BCUT2D eigenvalue weighted by atomic mass is 32.2. The molecule has 2 unspecified atom stereocenters. The lowest BCUT2D eigenvalue weighted by molar-refractivity contribution is 0.211. The van der Waals surface area contributed by atoms with E-state index in [0.29, 0.717) is 30.5 Å². The zero-order valence-electron chi connectivity index (χ0n) is 12.8. The summed E-state index contributed by atoms with van der Waals surface area (Å²) in [6.45, 7) is 5.25. The Kier molecular flexibility index (Phi) is 5.01. The molecule has 0 spiro atoms. The van der Waals surface area contributed by atoms with Crippen molar-refractivity contribution in [3.05, 3.63) is 35.6 Å². The van der Waals surface area contributed by atoms with Crippen LogP contribution in [0.15, 0.2) is 24.3 Å². The Bertz CT molecular complexity index is 581. The average Bonchev–Trinajstić information content (AvgIpc) is 2.40. The minimum Gasteiger partial charge on any atom is -0.207 e. The molecule has 0 amide bonds. The molecule has 2 atom stereocenters. The number of benzene rings is 1. The second-order valence-corrected chi connectivity index (χ2v) is 8.15. The lowest BCUT2D eigenvalue weighted by Crippen LogP contribution is -2.48. The molecule has 2 rings (SSSR count). The molecule has 1 saturated heterocycles. The molecule has 0 saturated carbocycles. The summed E-state index contributed by atoms with van der Waals surface area (Å²) in [6, 6.07) is 6.27. The van der Waals surface area contributed by atoms with E-state index in [2.05, 4.69) is 13.8 Å². The van der Waals surface area contributed by atoms with Crippen LogP contribution in [0.5, 0.6) is 0 Å². The van der Waals surface area contributed by atoms with Gasteiger partial charge in [-0.3, -0.25) is 0 Å². The number of piperidine rings is 1. The zero-order chi connectivity index (χ0) is 15.6. The molecule has 1 aliphatic heterocycles. The van der Waals surface area contributed by atoms with Gasteiger partial charge in [-0.25, -0.2) is 4.39 Å². The van der Waals surface area contributed by atoms with Crippen molar-refractivity contribution in [1.29, 1.82) is 0 Å². The van der Waals surface area contributed by atoms with Crippen LogP contribution >= 0.6 is 0 Å². The first-order valence-electron chi connectivity index (χ1n) is 7.25. The third kappa shape index (κ3) is 3.81. The standard InChI is InChI=1S/C15H23FN2O2S/c1-12-8-13(2)10-18(9-12)21(19,20)17(3)11-14-6-4-5-7-15(14)16/h4-7,12-13H,8-11H2,1-3H3. The maximum Gasteiger partial charge on any atom is 0.282 e. The largest absolute Gasteiger partial charge is 0.282 e. The van der Waals surface area contributed by atoms with Crippen molar-refractivity contribution in [3.63, 3.8) is 0 Å². The maximum atomic E-state index is 13.7. The molecule has 0 radical (unpaired) electrons. The maximum absolute atomic E-state index is 13.7. The Morgan fingerprint density at radius 2 is 1.81 bits per heavy atom. The molecule has 1 fully saturated rings. The first-order chi connectivity index (χ1) is 9.80. The van der Waals surface area contributed by atoms with Crippen molar-refractivity contribution in [3.8, 4) is 0 Å². The highest BCUT2D eigenvalue weighted by Crippen LogP contribution is 2.25. The van der Waals surface area contributed by atoms with Gasteiger partial charge in [0.2, 0.25) is 0 Å². The van der Waals surface area contributed by atoms with Crippen molar-refractivity contribution in [2.75, 3.05) is 20.1 Å². The number of hydrogen-bond donors (Lipinski definition) is 0. The van der Waals surface area contributed by atoms with E-state index in [1.807, 2.05) is 0 Å². The van der Waals surface area contributed by atoms with Crippen LogP contribution in [0.4, 0.5) is 4.39 Å². The van der Waals surface area contributed by atoms with E-state index in [0.717, 1.165) is 6.42 Å². The molecule has 118 valence electrons. The first-order valence-corrected chi connectivity index (χ1v) is 8.65. The predicted octanol–water partition coefficient (Wildman–Crippen LogP) is 2.48. The van der Waals surface area contributed by atoms with E-state index < -0.39 is 10.2 Å². The van der Waals surface area contributed by atoms with Gasteiger partial charge in [0.1, 0.15) is 5.82 Å². The van der Waals surface area contributed by atoms with Gasteiger partial charge < -0.3 is 0 Å². The van der Waals surface area contributed by atoms with Crippen LogP contribution < -0.4 is 0 Å². The Labute approximate surface area is 126 Å². The fraction of sp³-hybridized carbons (Fsp3) is 0.600. The molecule has 0 aliphatic carbocycles. The third-order valence-corrected chi connectivity index (χ3v) is 5.77. The van der Waals surface area contributed by atoms with Gasteiger partial charge in [-0.05, 0) is 24.3 Å². The van der Waals surface area contributed by atoms with Crippen molar-refractivity contribution in [2.24, 2.45) is 11.8 Å². The topological polar surface area (TPSA) is 40.6 Å². The Balaban J connectivity index is 2.13. The van der Waals surface area contributed by atoms with Crippen LogP contribution in [0.1, 0.15) is 25.8 Å². The number of hydrogen-bond acceptors (Lipinski definition) is 2. The second kappa shape index (κ2) is 6.42. The second-order valence-electron chi connectivity index (χ2n) is 6.12. The lowest BCUT2D eigenvalue weighted by atomic mass is 9.94. The molecule has 1 aliphatic rings. The fourth-order valence-electron chi connectivity index (χ4n) is 2.94. The summed E-state index contributed by atoms with van der Waals surface area (Å²) in [6.07, 6.45) is 1.04. The summed E-state index contributed by atoms with van der Waals surface area (Å²) in [7, 11) is -2.04. The van der Waals surface area contributed by atoms with E-state index in [1.54, 1.807) is 18.2 Å². The van der Waals surface area contributed by atoms with Crippen molar-refractivity contribution < 1.29 is 12.8 Å². The van der Waals surface area contributed by atoms with Gasteiger partial charge in [0.15, 0.2) is 0 Å². The Morgan fingerprint density at radius 1 is 1.24 bits per heavy atom. The van der Waals surface area contributed by atoms with Gasteiger partial charge in [0.05, 0.1) is 0 Å². The summed E-state index contributed by atoms with van der Waals surface area (Å²) in [5.74, 6) is 0.329. The first kappa shape index (κ1) is 16.4. The van der Waals surface area contributed by atoms with E-state index in [9.17, 15) is 12.8 Å². The van der Waals surface area contributed by atoms with Crippen LogP contribution in [0.3, 0.4) is 0 Å². The Morgan fingerprint density at radius 3 is 2.38 bits per heavy atom. The van der Waals surface area contributed by atoms with Crippen LogP contribution in [0, 0.1) is 17.7 Å². The number of nitrogens with zero attached hydrogens (tertiary/aromatic N) is 2. The summed E-state index contributed by atoms with van der Waals surface area (Å²) in [5.41, 5.74) is 0.390. The quantitative estimate of drug-likeness (QED) is 0.856. The van der Waals surface area contributed by atoms with E-state index in [1.165, 1.54) is 21.7 Å². The molecule has 1 aromatic carbocycles. The zero-order valence-corrected chi connectivity index (χ0v) is 13.6. The van der Waals surface area contributed by atoms with Gasteiger partial charge >= 0.3 is 0 Å². The molecule has 0 bridgehead atoms. The number of halogens is 1. The van der Waals surface area contributed by atoms with Crippen LogP contribution in [0.25, 0.3) is 0 Å². The van der Waals surface area contributed by atoms with E-state index in [-0.39, 0.29) is 12.4 Å². The molecule has 0 N–H and O–H groups in total. The van der Waals surface area contributed by atoms with Crippen LogP contribution in [-0.4, -0.2) is 37.2 Å². The van der Waals surface area contributed by atoms with Crippen molar-refractivity contribution in [2.45, 2.75) is 26.8 Å². The molecule has 6 heteroatoms. The molecule has 1 heterocycles. The van der Waals surface area contributed by atoms with Crippen LogP contribution in [-0.2, 0) is 16.8 Å². The van der Waals surface area contributed by atoms with E-state index >= 15 is 0 Å². The SMILES string of the molecule is CC1CC(C)CN(S(=O)(=O)N(C)Cc2ccccc2F)C1. The van der Waals surface area contributed by atoms with Gasteiger partial charge in [-0.15, -0.1) is 0 Å². The minimum atomic E-state index is -3.54. The smallest absolute Gasteiger partial charge is 0.207 e. The van der Waals surface area contributed by atoms with E-state index in [4.69, 9.17) is 0 Å². The number of rotatable bonds is 4. The van der Waals surface area contributed by atoms with Gasteiger partial charge in [0, 0.05) is 32.2 Å². The highest BCUT2D eigenvalue weighted by Gasteiger charge is 2.33. The normalized spacial score (nSPS) is 24.4. The molecular formula is C15H23FN2O2S. The molecule has 4 nitrogen and oxygen atoms in total. The average molecular weight is 314 g/mol. The van der Waals surface area contributed by atoms with Crippen molar-refractivity contribution in [1.82, 2.24) is 8.61 Å². The highest BCUT2D eigenvalue weighted by molar-refractivity contribution is 7.86. The third-order valence-electron chi connectivity index (χ3n) is 3.91. The summed E-state index contributed by atoms with van der Waals surface area (Å²) < 4.78 is 41.7. The summed E-state index contributed by atoms with van der Waals surface area (Å²) in [4.78, 5) is 0.